The first-order valence-corrected chi connectivity index (χ1v) is 11.2. The first-order chi connectivity index (χ1) is 15.7. The molecule has 1 atom stereocenters. The van der Waals surface area contributed by atoms with Crippen molar-refractivity contribution in [3.8, 4) is 16.9 Å². The zero-order valence-corrected chi connectivity index (χ0v) is 18.8. The fourth-order valence-corrected chi connectivity index (χ4v) is 3.41. The fourth-order valence-electron chi connectivity index (χ4n) is 3.41. The van der Waals surface area contributed by atoms with Gasteiger partial charge >= 0.3 is 12.3 Å². The maximum atomic E-state index is 14.6. The molecule has 3 nitrogen and oxygen atoms in total. The molecule has 0 bridgehead atoms. The van der Waals surface area contributed by atoms with Crippen molar-refractivity contribution in [1.82, 2.24) is 0 Å². The molecule has 0 aliphatic heterocycles. The maximum absolute atomic E-state index is 14.6. The van der Waals surface area contributed by atoms with Gasteiger partial charge in [0.2, 0.25) is 11.9 Å². The SMILES string of the molecule is CCCCCCCCc1ccc(-c2ccc(OC(=O)OC(CC)C(F)(F)F)c(F)c2F)cc1. The molecule has 0 amide bonds. The molecule has 0 N–H and O–H groups in total. The van der Waals surface area contributed by atoms with Crippen LogP contribution in [0.1, 0.15) is 64.4 Å². The molecule has 1 unspecified atom stereocenters. The van der Waals surface area contributed by atoms with Gasteiger partial charge in [0.05, 0.1) is 0 Å². The minimum atomic E-state index is -4.79. The van der Waals surface area contributed by atoms with E-state index < -0.39 is 42.2 Å². The lowest BCUT2D eigenvalue weighted by molar-refractivity contribution is -0.207. The van der Waals surface area contributed by atoms with Crippen molar-refractivity contribution < 1.29 is 36.2 Å². The summed E-state index contributed by atoms with van der Waals surface area (Å²) in [6.07, 6.45) is -1.50. The summed E-state index contributed by atoms with van der Waals surface area (Å²) < 4.78 is 75.7. The number of benzene rings is 2. The van der Waals surface area contributed by atoms with Gasteiger partial charge in [-0.05, 0) is 42.5 Å². The lowest BCUT2D eigenvalue weighted by Crippen LogP contribution is -2.34. The van der Waals surface area contributed by atoms with E-state index in [1.165, 1.54) is 38.7 Å². The number of halogens is 5. The van der Waals surface area contributed by atoms with Crippen molar-refractivity contribution in [1.29, 1.82) is 0 Å². The van der Waals surface area contributed by atoms with Crippen LogP contribution in [0.2, 0.25) is 0 Å². The van der Waals surface area contributed by atoms with E-state index in [4.69, 9.17) is 0 Å². The molecule has 2 aromatic carbocycles. The summed E-state index contributed by atoms with van der Waals surface area (Å²) >= 11 is 0. The summed E-state index contributed by atoms with van der Waals surface area (Å²) in [5.74, 6) is -3.61. The van der Waals surface area contributed by atoms with Gasteiger partial charge in [-0.15, -0.1) is 0 Å². The highest BCUT2D eigenvalue weighted by molar-refractivity contribution is 5.68. The van der Waals surface area contributed by atoms with Crippen LogP contribution in [0.15, 0.2) is 36.4 Å². The Bertz CT molecular complexity index is 894. The molecule has 0 aromatic heterocycles. The minimum Gasteiger partial charge on any atom is -0.421 e. The lowest BCUT2D eigenvalue weighted by Gasteiger charge is -2.18. The van der Waals surface area contributed by atoms with Crippen LogP contribution in [0.3, 0.4) is 0 Å². The van der Waals surface area contributed by atoms with Crippen LogP contribution in [0, 0.1) is 11.6 Å². The second kappa shape index (κ2) is 12.6. The van der Waals surface area contributed by atoms with Crippen LogP contribution < -0.4 is 4.74 Å². The summed E-state index contributed by atoms with van der Waals surface area (Å²) in [7, 11) is 0. The number of carbonyl (C=O) groups excluding carboxylic acids is 1. The Hall–Kier alpha value is -2.64. The standard InChI is InChI=1S/C25H29F5O3/c1-3-5-6-7-8-9-10-17-11-13-18(14-12-17)19-15-16-20(23(27)22(19)26)32-24(31)33-21(4-2)25(28,29)30/h11-16,21H,3-10H2,1-2H3. The van der Waals surface area contributed by atoms with Crippen molar-refractivity contribution in [2.24, 2.45) is 0 Å². The normalized spacial score (nSPS) is 12.5. The molecule has 0 saturated carbocycles. The topological polar surface area (TPSA) is 35.5 Å². The monoisotopic (exact) mass is 472 g/mol. The van der Waals surface area contributed by atoms with Gasteiger partial charge in [-0.3, -0.25) is 0 Å². The molecule has 0 fully saturated rings. The number of carbonyl (C=O) groups is 1. The van der Waals surface area contributed by atoms with E-state index in [0.29, 0.717) is 5.56 Å². The average molecular weight is 472 g/mol. The van der Waals surface area contributed by atoms with E-state index in [2.05, 4.69) is 16.4 Å². The molecule has 0 spiro atoms. The Labute approximate surface area is 190 Å². The highest BCUT2D eigenvalue weighted by atomic mass is 19.4. The van der Waals surface area contributed by atoms with E-state index in [-0.39, 0.29) is 5.56 Å². The Morgan fingerprint density at radius 1 is 0.879 bits per heavy atom. The zero-order chi connectivity index (χ0) is 24.4. The van der Waals surface area contributed by atoms with Crippen LogP contribution in [-0.4, -0.2) is 18.4 Å². The van der Waals surface area contributed by atoms with Gasteiger partial charge in [0.15, 0.2) is 11.6 Å². The Morgan fingerprint density at radius 3 is 2.12 bits per heavy atom. The van der Waals surface area contributed by atoms with Crippen LogP contribution >= 0.6 is 0 Å². The fraction of sp³-hybridized carbons (Fsp3) is 0.480. The van der Waals surface area contributed by atoms with Crippen molar-refractivity contribution in [3.63, 3.8) is 0 Å². The minimum absolute atomic E-state index is 0.0546. The first-order valence-electron chi connectivity index (χ1n) is 11.2. The van der Waals surface area contributed by atoms with Crippen molar-refractivity contribution in [2.45, 2.75) is 77.5 Å². The highest BCUT2D eigenvalue weighted by Gasteiger charge is 2.42. The molecule has 0 saturated heterocycles. The first kappa shape index (κ1) is 26.6. The van der Waals surface area contributed by atoms with Gasteiger partial charge in [-0.25, -0.2) is 9.18 Å². The van der Waals surface area contributed by atoms with Gasteiger partial charge in [-0.1, -0.05) is 70.2 Å². The average Bonchev–Trinajstić information content (AvgIpc) is 2.77. The molecule has 8 heteroatoms. The Kier molecular flexibility index (Phi) is 10.1. The van der Waals surface area contributed by atoms with Crippen LogP contribution in [-0.2, 0) is 11.2 Å². The predicted octanol–water partition coefficient (Wildman–Crippen LogP) is 8.39. The van der Waals surface area contributed by atoms with E-state index in [1.807, 2.05) is 12.1 Å². The van der Waals surface area contributed by atoms with Crippen LogP contribution in [0.25, 0.3) is 11.1 Å². The number of hydrogen-bond donors (Lipinski definition) is 0. The van der Waals surface area contributed by atoms with Gasteiger partial charge in [0.1, 0.15) is 0 Å². The predicted molar refractivity (Wildman–Crippen MR) is 116 cm³/mol. The summed E-state index contributed by atoms with van der Waals surface area (Å²) in [5, 5.41) is 0. The van der Waals surface area contributed by atoms with Gasteiger partial charge in [0, 0.05) is 5.56 Å². The number of unbranched alkanes of at least 4 members (excludes halogenated alkanes) is 5. The van der Waals surface area contributed by atoms with Crippen LogP contribution in [0.4, 0.5) is 26.7 Å². The molecular weight excluding hydrogens is 443 g/mol. The molecule has 0 radical (unpaired) electrons. The second-order valence-electron chi connectivity index (χ2n) is 7.86. The number of ether oxygens (including phenoxy) is 2. The third kappa shape index (κ3) is 8.02. The summed E-state index contributed by atoms with van der Waals surface area (Å²) in [6.45, 7) is 3.34. The van der Waals surface area contributed by atoms with E-state index >= 15 is 0 Å². The number of aryl methyl sites for hydroxylation is 1. The summed E-state index contributed by atoms with van der Waals surface area (Å²) in [4.78, 5) is 11.6. The summed E-state index contributed by atoms with van der Waals surface area (Å²) in [6, 6.07) is 9.23. The molecular formula is C25H29F5O3. The number of alkyl halides is 3. The third-order valence-electron chi connectivity index (χ3n) is 5.30. The smallest absolute Gasteiger partial charge is 0.421 e. The zero-order valence-electron chi connectivity index (χ0n) is 18.8. The van der Waals surface area contributed by atoms with E-state index in [9.17, 15) is 26.7 Å². The van der Waals surface area contributed by atoms with Crippen molar-refractivity contribution in [3.05, 3.63) is 53.6 Å². The van der Waals surface area contributed by atoms with Crippen LogP contribution in [0.5, 0.6) is 5.75 Å². The molecule has 2 aromatic rings. The maximum Gasteiger partial charge on any atom is 0.514 e. The molecule has 0 aliphatic rings. The third-order valence-corrected chi connectivity index (χ3v) is 5.30. The molecule has 0 aliphatic carbocycles. The Balaban J connectivity index is 2.01. The second-order valence-corrected chi connectivity index (χ2v) is 7.86. The molecule has 2 rings (SSSR count). The largest absolute Gasteiger partial charge is 0.514 e. The highest BCUT2D eigenvalue weighted by Crippen LogP contribution is 2.31. The van der Waals surface area contributed by atoms with Gasteiger partial charge < -0.3 is 9.47 Å². The number of hydrogen-bond acceptors (Lipinski definition) is 3. The molecule has 0 heterocycles. The lowest BCUT2D eigenvalue weighted by atomic mass is 10.00. The number of rotatable bonds is 11. The van der Waals surface area contributed by atoms with E-state index in [1.54, 1.807) is 12.1 Å². The van der Waals surface area contributed by atoms with Crippen molar-refractivity contribution in [2.75, 3.05) is 0 Å². The van der Waals surface area contributed by atoms with Crippen molar-refractivity contribution >= 4 is 6.16 Å². The van der Waals surface area contributed by atoms with E-state index in [0.717, 1.165) is 30.9 Å². The Morgan fingerprint density at radius 2 is 1.52 bits per heavy atom. The molecule has 182 valence electrons. The quantitative estimate of drug-likeness (QED) is 0.143. The van der Waals surface area contributed by atoms with Gasteiger partial charge in [0.25, 0.3) is 0 Å². The molecule has 33 heavy (non-hydrogen) atoms. The van der Waals surface area contributed by atoms with Gasteiger partial charge in [-0.2, -0.15) is 17.6 Å². The summed E-state index contributed by atoms with van der Waals surface area (Å²) in [5.41, 5.74) is 1.46.